The number of carboxylic acid groups (broad SMARTS) is 1. The Morgan fingerprint density at radius 1 is 1.14 bits per heavy atom. The molecule has 37 heavy (non-hydrogen) atoms. The predicted molar refractivity (Wildman–Crippen MR) is 120 cm³/mol. The smallest absolute Gasteiger partial charge is 0.416 e. The number of ether oxygens (including phenoxy) is 1. The minimum absolute atomic E-state index is 0.00164. The van der Waals surface area contributed by atoms with Gasteiger partial charge in [0.15, 0.2) is 0 Å². The molecule has 7 nitrogen and oxygen atoms in total. The minimum atomic E-state index is -5.06. The van der Waals surface area contributed by atoms with Gasteiger partial charge in [0.2, 0.25) is 11.8 Å². The molecule has 1 unspecified atom stereocenters. The fourth-order valence-electron chi connectivity index (χ4n) is 4.13. The number of hydrogen-bond donors (Lipinski definition) is 1. The number of aromatic nitrogens is 1. The third-order valence-electron chi connectivity index (χ3n) is 5.71. The maximum absolute atomic E-state index is 13.4. The molecule has 1 N–H and O–H groups in total. The van der Waals surface area contributed by atoms with Crippen molar-refractivity contribution >= 4 is 29.3 Å². The lowest BCUT2D eigenvalue weighted by atomic mass is 10.0. The molecule has 202 valence electrons. The number of pyridine rings is 1. The molecule has 1 aromatic carbocycles. The van der Waals surface area contributed by atoms with Gasteiger partial charge < -0.3 is 14.7 Å². The lowest BCUT2D eigenvalue weighted by Gasteiger charge is -2.32. The molecule has 0 saturated carbocycles. The molecular formula is C23H22ClF6N3O4. The van der Waals surface area contributed by atoms with Crippen molar-refractivity contribution in [1.29, 1.82) is 0 Å². The van der Waals surface area contributed by atoms with Gasteiger partial charge in [-0.15, -0.1) is 0 Å². The zero-order valence-electron chi connectivity index (χ0n) is 19.6. The van der Waals surface area contributed by atoms with Crippen LogP contribution in [0.15, 0.2) is 24.3 Å². The Kier molecular flexibility index (Phi) is 8.15. The fraction of sp³-hybridized carbons (Fsp3) is 0.435. The summed E-state index contributed by atoms with van der Waals surface area (Å²) in [6.45, 7) is 2.29. The highest BCUT2D eigenvalue weighted by Crippen LogP contribution is 2.41. The van der Waals surface area contributed by atoms with E-state index in [4.69, 9.17) is 16.3 Å². The van der Waals surface area contributed by atoms with E-state index in [1.54, 1.807) is 6.92 Å². The molecule has 2 heterocycles. The summed E-state index contributed by atoms with van der Waals surface area (Å²) >= 11 is 6.20. The van der Waals surface area contributed by atoms with Gasteiger partial charge in [-0.3, -0.25) is 9.69 Å². The first kappa shape index (κ1) is 28.4. The lowest BCUT2D eigenvalue weighted by molar-refractivity contribution is -0.143. The van der Waals surface area contributed by atoms with Gasteiger partial charge in [-0.2, -0.15) is 26.3 Å². The molecule has 1 aliphatic heterocycles. The van der Waals surface area contributed by atoms with Crippen molar-refractivity contribution in [3.8, 4) is 5.88 Å². The van der Waals surface area contributed by atoms with Crippen LogP contribution in [-0.4, -0.2) is 40.1 Å². The third-order valence-corrected chi connectivity index (χ3v) is 5.98. The number of amides is 2. The first-order valence-electron chi connectivity index (χ1n) is 11.0. The number of carbonyl (C=O) groups excluding carboxylic acids is 1. The van der Waals surface area contributed by atoms with E-state index in [0.717, 1.165) is 16.7 Å². The van der Waals surface area contributed by atoms with Gasteiger partial charge in [0.1, 0.15) is 5.02 Å². The Labute approximate surface area is 212 Å². The van der Waals surface area contributed by atoms with Crippen LogP contribution in [0.1, 0.15) is 55.1 Å². The third kappa shape index (κ3) is 6.38. The summed E-state index contributed by atoms with van der Waals surface area (Å²) in [5.74, 6) is -0.720. The molecule has 2 aromatic rings. The summed E-state index contributed by atoms with van der Waals surface area (Å²) in [7, 11) is 0. The van der Waals surface area contributed by atoms with Crippen LogP contribution in [0.2, 0.25) is 5.02 Å². The number of benzene rings is 1. The van der Waals surface area contributed by atoms with E-state index < -0.39 is 53.6 Å². The highest BCUT2D eigenvalue weighted by atomic mass is 35.5. The molecule has 0 saturated heterocycles. The second-order valence-electron chi connectivity index (χ2n) is 8.27. The van der Waals surface area contributed by atoms with Crippen LogP contribution in [0.3, 0.4) is 0 Å². The zero-order chi connectivity index (χ0) is 27.7. The van der Waals surface area contributed by atoms with E-state index in [1.807, 2.05) is 0 Å². The van der Waals surface area contributed by atoms with Crippen LogP contribution in [0.4, 0.5) is 36.8 Å². The Balaban J connectivity index is 2.15. The molecule has 0 aliphatic carbocycles. The molecular weight excluding hydrogens is 532 g/mol. The maximum Gasteiger partial charge on any atom is 0.416 e. The van der Waals surface area contributed by atoms with Gasteiger partial charge in [-0.25, -0.2) is 9.78 Å². The summed E-state index contributed by atoms with van der Waals surface area (Å²) in [6.07, 6.45) is -11.1. The van der Waals surface area contributed by atoms with Crippen molar-refractivity contribution in [1.82, 2.24) is 9.88 Å². The molecule has 0 fully saturated rings. The van der Waals surface area contributed by atoms with E-state index in [0.29, 0.717) is 12.1 Å². The number of anilines is 1. The summed E-state index contributed by atoms with van der Waals surface area (Å²) in [4.78, 5) is 30.9. The van der Waals surface area contributed by atoms with Crippen molar-refractivity contribution in [2.75, 3.05) is 18.1 Å². The second kappa shape index (κ2) is 10.6. The minimum Gasteiger partial charge on any atom is -0.477 e. The number of nitrogens with zero attached hydrogens (tertiary/aromatic N) is 3. The molecule has 1 atom stereocenters. The van der Waals surface area contributed by atoms with Gasteiger partial charge >= 0.3 is 18.4 Å². The molecule has 14 heteroatoms. The molecule has 1 aromatic heterocycles. The molecule has 1 aliphatic rings. The molecule has 0 spiro atoms. The Hall–Kier alpha value is -3.22. The number of fused-ring (bicyclic) bond motifs is 1. The maximum atomic E-state index is 13.4. The van der Waals surface area contributed by atoms with Crippen molar-refractivity contribution in [2.24, 2.45) is 0 Å². The van der Waals surface area contributed by atoms with Crippen LogP contribution in [-0.2, 0) is 23.7 Å². The highest BCUT2D eigenvalue weighted by Gasteiger charge is 2.38. The summed E-state index contributed by atoms with van der Waals surface area (Å²) in [5.41, 5.74) is -3.34. The van der Waals surface area contributed by atoms with Crippen LogP contribution < -0.4 is 9.64 Å². The SMILES string of the molecule is CCOc1nc2c(cc1Cl)N(C(=O)O)CCCC2N(Cc1cc(C(F)(F)F)cc(C(F)(F)F)c1)C(C)=O. The van der Waals surface area contributed by atoms with E-state index >= 15 is 0 Å². The Morgan fingerprint density at radius 3 is 2.22 bits per heavy atom. The largest absolute Gasteiger partial charge is 0.477 e. The van der Waals surface area contributed by atoms with Crippen molar-refractivity contribution in [3.05, 3.63) is 51.7 Å². The van der Waals surface area contributed by atoms with Gasteiger partial charge in [0.05, 0.1) is 35.2 Å². The number of halogens is 7. The van der Waals surface area contributed by atoms with Gasteiger partial charge in [-0.05, 0) is 49.6 Å². The summed E-state index contributed by atoms with van der Waals surface area (Å²) < 4.78 is 85.6. The quantitative estimate of drug-likeness (QED) is 0.425. The zero-order valence-corrected chi connectivity index (χ0v) is 20.3. The second-order valence-corrected chi connectivity index (χ2v) is 8.67. The first-order chi connectivity index (χ1) is 17.1. The van der Waals surface area contributed by atoms with Crippen molar-refractivity contribution in [3.63, 3.8) is 0 Å². The van der Waals surface area contributed by atoms with E-state index in [1.165, 1.54) is 6.07 Å². The monoisotopic (exact) mass is 553 g/mol. The Bertz CT molecular complexity index is 1160. The van der Waals surface area contributed by atoms with Crippen molar-refractivity contribution < 1.29 is 45.8 Å². The number of rotatable bonds is 5. The molecule has 2 amide bonds. The lowest BCUT2D eigenvalue weighted by Crippen LogP contribution is -2.34. The summed E-state index contributed by atoms with van der Waals surface area (Å²) in [6, 6.07) is 1.41. The van der Waals surface area contributed by atoms with E-state index in [9.17, 15) is 41.0 Å². The van der Waals surface area contributed by atoms with Crippen LogP contribution in [0, 0.1) is 0 Å². The molecule has 0 radical (unpaired) electrons. The van der Waals surface area contributed by atoms with Gasteiger partial charge in [0.25, 0.3) is 0 Å². The van der Waals surface area contributed by atoms with Crippen molar-refractivity contribution in [2.45, 2.75) is 51.6 Å². The predicted octanol–water partition coefficient (Wildman–Crippen LogP) is 6.54. The van der Waals surface area contributed by atoms with E-state index in [2.05, 4.69) is 4.98 Å². The van der Waals surface area contributed by atoms with Gasteiger partial charge in [-0.1, -0.05) is 11.6 Å². The summed E-state index contributed by atoms with van der Waals surface area (Å²) in [5, 5.41) is 9.68. The molecule has 3 rings (SSSR count). The fourth-order valence-corrected chi connectivity index (χ4v) is 4.33. The highest BCUT2D eigenvalue weighted by molar-refractivity contribution is 6.32. The number of carbonyl (C=O) groups is 2. The number of alkyl halides is 6. The average molecular weight is 554 g/mol. The first-order valence-corrected chi connectivity index (χ1v) is 11.4. The van der Waals surface area contributed by atoms with Crippen LogP contribution >= 0.6 is 11.6 Å². The van der Waals surface area contributed by atoms with E-state index in [-0.39, 0.29) is 54.3 Å². The van der Waals surface area contributed by atoms with Gasteiger partial charge in [0, 0.05) is 20.0 Å². The standard InChI is InChI=1S/C23H22ClF6N3O4/c1-3-37-20-16(24)10-18-19(31-20)17(5-4-6-32(18)21(35)36)33(12(2)34)11-13-7-14(22(25,26)27)9-15(8-13)23(28,29)30/h7-10,17H,3-6,11H2,1-2H3,(H,35,36). The number of hydrogen-bond acceptors (Lipinski definition) is 4. The van der Waals surface area contributed by atoms with Crippen LogP contribution in [0.5, 0.6) is 5.88 Å². The van der Waals surface area contributed by atoms with Crippen LogP contribution in [0.25, 0.3) is 0 Å². The topological polar surface area (TPSA) is 83.0 Å². The molecule has 0 bridgehead atoms. The average Bonchev–Trinajstić information content (AvgIpc) is 2.95. The Morgan fingerprint density at radius 2 is 1.73 bits per heavy atom. The normalized spacial score (nSPS) is 16.1.